The number of methoxy groups -OCH3 is 4. The van der Waals surface area contributed by atoms with Crippen LogP contribution < -0.4 is 0 Å². The molecule has 10 nitrogen and oxygen atoms in total. The Balaban J connectivity index is 1.88. The molecule has 270 valence electrons. The summed E-state index contributed by atoms with van der Waals surface area (Å²) < 4.78 is 20.5. The Labute approximate surface area is 308 Å². The molecule has 0 spiro atoms. The SMILES string of the molecule is COC(=O)/C=C(\C(=O)OC)N(CCCN(Cc1ccccc1)C1=C2C(SC)=CC(C)(C)C=C2SC(C(=O)OC)=C1C(=O)OC)Cc1ccccc1. The summed E-state index contributed by atoms with van der Waals surface area (Å²) in [6, 6.07) is 19.4. The Bertz CT molecular complexity index is 1780. The van der Waals surface area contributed by atoms with Crippen LogP contribution in [-0.4, -0.2) is 81.5 Å². The maximum absolute atomic E-state index is 13.8. The fourth-order valence-corrected chi connectivity index (χ4v) is 8.10. The van der Waals surface area contributed by atoms with Gasteiger partial charge in [-0.1, -0.05) is 98.4 Å². The molecule has 0 saturated heterocycles. The summed E-state index contributed by atoms with van der Waals surface area (Å²) in [7, 11) is 5.09. The third-order valence-corrected chi connectivity index (χ3v) is 10.1. The molecule has 4 rings (SSSR count). The number of benzene rings is 2. The Morgan fingerprint density at radius 1 is 0.784 bits per heavy atom. The van der Waals surface area contributed by atoms with Crippen LogP contribution in [-0.2, 0) is 51.2 Å². The van der Waals surface area contributed by atoms with E-state index in [1.807, 2.05) is 66.9 Å². The highest BCUT2D eigenvalue weighted by atomic mass is 32.2. The average Bonchev–Trinajstić information content (AvgIpc) is 3.14. The van der Waals surface area contributed by atoms with E-state index >= 15 is 0 Å². The second kappa shape index (κ2) is 18.0. The number of carbonyl (C=O) groups is 4. The highest BCUT2D eigenvalue weighted by Gasteiger charge is 2.40. The van der Waals surface area contributed by atoms with E-state index in [4.69, 9.17) is 18.9 Å². The molecule has 2 aromatic carbocycles. The quantitative estimate of drug-likeness (QED) is 0.115. The molecule has 0 bridgehead atoms. The predicted molar refractivity (Wildman–Crippen MR) is 200 cm³/mol. The number of allylic oxidation sites excluding steroid dienone is 4. The Hall–Kier alpha value is -4.68. The molecule has 0 fully saturated rings. The fraction of sp³-hybridized carbons (Fsp3) is 0.333. The topological polar surface area (TPSA) is 112 Å². The molecule has 0 atom stereocenters. The van der Waals surface area contributed by atoms with Gasteiger partial charge in [0.15, 0.2) is 0 Å². The van der Waals surface area contributed by atoms with Gasteiger partial charge >= 0.3 is 23.9 Å². The summed E-state index contributed by atoms with van der Waals surface area (Å²) >= 11 is 2.78. The second-order valence-corrected chi connectivity index (χ2v) is 14.2. The van der Waals surface area contributed by atoms with Gasteiger partial charge in [0.2, 0.25) is 0 Å². The Morgan fingerprint density at radius 2 is 1.39 bits per heavy atom. The van der Waals surface area contributed by atoms with E-state index in [1.165, 1.54) is 40.2 Å². The summed E-state index contributed by atoms with van der Waals surface area (Å²) in [6.07, 6.45) is 7.85. The van der Waals surface area contributed by atoms with Crippen molar-refractivity contribution in [1.82, 2.24) is 9.80 Å². The smallest absolute Gasteiger partial charge is 0.354 e. The number of carbonyl (C=O) groups excluding carboxylic acids is 4. The fourth-order valence-electron chi connectivity index (χ4n) is 5.86. The molecule has 0 amide bonds. The molecule has 12 heteroatoms. The number of esters is 4. The minimum atomic E-state index is -0.690. The number of nitrogens with zero attached hydrogens (tertiary/aromatic N) is 2. The van der Waals surface area contributed by atoms with Crippen molar-refractivity contribution in [3.63, 3.8) is 0 Å². The van der Waals surface area contributed by atoms with E-state index < -0.39 is 23.9 Å². The lowest BCUT2D eigenvalue weighted by Gasteiger charge is -2.38. The standard InChI is InChI=1S/C39H44N2O8S2/c1-39(2)22-29(50-7)32-30(23-39)51-35(38(45)49-6)33(37(44)48-5)34(32)41(25-27-17-12-9-13-18-27)20-14-19-40(24-26-15-10-8-11-16-26)28(36(43)47-4)21-31(42)46-3/h8-13,15-18,21-23H,14,19-20,24-25H2,1-7H3/b28-21+. The van der Waals surface area contributed by atoms with Gasteiger partial charge in [-0.2, -0.15) is 0 Å². The van der Waals surface area contributed by atoms with E-state index in [0.717, 1.165) is 32.6 Å². The number of ether oxygens (including phenoxy) is 4. The third kappa shape index (κ3) is 9.77. The van der Waals surface area contributed by atoms with Crippen molar-refractivity contribution < 1.29 is 38.1 Å². The van der Waals surface area contributed by atoms with E-state index in [-0.39, 0.29) is 21.6 Å². The van der Waals surface area contributed by atoms with Gasteiger partial charge in [0, 0.05) is 47.0 Å². The minimum Gasteiger partial charge on any atom is -0.466 e. The monoisotopic (exact) mass is 732 g/mol. The maximum atomic E-state index is 13.8. The van der Waals surface area contributed by atoms with Gasteiger partial charge in [-0.25, -0.2) is 19.2 Å². The number of hydrogen-bond acceptors (Lipinski definition) is 12. The van der Waals surface area contributed by atoms with Crippen molar-refractivity contribution in [2.45, 2.75) is 33.4 Å². The average molecular weight is 733 g/mol. The molecule has 2 aliphatic rings. The molecular weight excluding hydrogens is 689 g/mol. The summed E-state index contributed by atoms with van der Waals surface area (Å²) in [6.45, 7) is 5.57. The van der Waals surface area contributed by atoms with Crippen LogP contribution in [0.4, 0.5) is 0 Å². The lowest BCUT2D eigenvalue weighted by atomic mass is 9.85. The first-order valence-electron chi connectivity index (χ1n) is 16.3. The van der Waals surface area contributed by atoms with Crippen LogP contribution in [0.1, 0.15) is 31.4 Å². The van der Waals surface area contributed by atoms with Crippen LogP contribution in [0.5, 0.6) is 0 Å². The number of hydrogen-bond donors (Lipinski definition) is 0. The van der Waals surface area contributed by atoms with E-state index in [1.54, 1.807) is 16.7 Å². The van der Waals surface area contributed by atoms with Crippen molar-refractivity contribution in [1.29, 1.82) is 0 Å². The first kappa shape index (κ1) is 39.1. The highest BCUT2D eigenvalue weighted by Crippen LogP contribution is 2.53. The maximum Gasteiger partial charge on any atom is 0.354 e. The molecule has 1 aliphatic heterocycles. The molecule has 51 heavy (non-hydrogen) atoms. The lowest BCUT2D eigenvalue weighted by Crippen LogP contribution is -2.35. The molecule has 0 unspecified atom stereocenters. The van der Waals surface area contributed by atoms with Crippen molar-refractivity contribution >= 4 is 47.4 Å². The van der Waals surface area contributed by atoms with Crippen LogP contribution >= 0.6 is 23.5 Å². The van der Waals surface area contributed by atoms with Gasteiger partial charge < -0.3 is 28.7 Å². The van der Waals surface area contributed by atoms with Gasteiger partial charge in [-0.05, 0) is 23.8 Å². The molecule has 1 heterocycles. The van der Waals surface area contributed by atoms with E-state index in [2.05, 4.69) is 30.9 Å². The predicted octanol–water partition coefficient (Wildman–Crippen LogP) is 6.38. The van der Waals surface area contributed by atoms with Gasteiger partial charge in [0.25, 0.3) is 0 Å². The first-order valence-corrected chi connectivity index (χ1v) is 18.3. The van der Waals surface area contributed by atoms with Crippen LogP contribution in [0.15, 0.2) is 116 Å². The molecule has 2 aromatic rings. The van der Waals surface area contributed by atoms with Crippen LogP contribution in [0.2, 0.25) is 0 Å². The van der Waals surface area contributed by atoms with E-state index in [9.17, 15) is 19.2 Å². The molecule has 0 saturated carbocycles. The van der Waals surface area contributed by atoms with Crippen molar-refractivity contribution in [3.8, 4) is 0 Å². The summed E-state index contributed by atoms with van der Waals surface area (Å²) in [5.41, 5.74) is 3.13. The summed E-state index contributed by atoms with van der Waals surface area (Å²) in [5, 5.41) is 0. The Morgan fingerprint density at radius 3 is 1.94 bits per heavy atom. The minimum absolute atomic E-state index is 0.0503. The zero-order chi connectivity index (χ0) is 37.1. The third-order valence-electron chi connectivity index (χ3n) is 8.19. The van der Waals surface area contributed by atoms with E-state index in [0.29, 0.717) is 38.3 Å². The van der Waals surface area contributed by atoms with Crippen LogP contribution in [0, 0.1) is 5.41 Å². The Kier molecular flexibility index (Phi) is 13.8. The zero-order valence-corrected chi connectivity index (χ0v) is 31.7. The molecule has 0 radical (unpaired) electrons. The lowest BCUT2D eigenvalue weighted by molar-refractivity contribution is -0.140. The van der Waals surface area contributed by atoms with Crippen LogP contribution in [0.25, 0.3) is 0 Å². The number of thioether (sulfide) groups is 2. The van der Waals surface area contributed by atoms with Crippen LogP contribution in [0.3, 0.4) is 0 Å². The van der Waals surface area contributed by atoms with Gasteiger partial charge in [0.1, 0.15) is 16.2 Å². The highest BCUT2D eigenvalue weighted by molar-refractivity contribution is 8.08. The molecule has 0 aromatic heterocycles. The molecular formula is C39H44N2O8S2. The largest absolute Gasteiger partial charge is 0.466 e. The summed E-state index contributed by atoms with van der Waals surface area (Å²) in [4.78, 5) is 58.4. The normalized spacial score (nSPS) is 15.2. The number of fused-ring (bicyclic) bond motifs is 1. The van der Waals surface area contributed by atoms with Gasteiger partial charge in [-0.3, -0.25) is 0 Å². The van der Waals surface area contributed by atoms with Crippen molar-refractivity contribution in [2.75, 3.05) is 47.8 Å². The van der Waals surface area contributed by atoms with Gasteiger partial charge in [0.05, 0.1) is 40.2 Å². The molecule has 1 aliphatic carbocycles. The summed E-state index contributed by atoms with van der Waals surface area (Å²) in [5.74, 6) is -2.67. The van der Waals surface area contributed by atoms with Gasteiger partial charge in [-0.15, -0.1) is 11.8 Å². The van der Waals surface area contributed by atoms with Crippen molar-refractivity contribution in [2.24, 2.45) is 5.41 Å². The zero-order valence-electron chi connectivity index (χ0n) is 30.0. The number of rotatable bonds is 15. The van der Waals surface area contributed by atoms with Crippen molar-refractivity contribution in [3.05, 3.63) is 127 Å². The molecule has 0 N–H and O–H groups in total. The first-order chi connectivity index (χ1) is 24.5. The second-order valence-electron chi connectivity index (χ2n) is 12.3.